The average molecular weight is 386 g/mol. The molecule has 1 aliphatic rings. The minimum atomic E-state index is -0.990. The SMILES string of the molecule is C[C@@H]1CCCC[C@H]1NC(=O)NC(=O)COC(=O)c1cc2ccccc2oc1=O. The average Bonchev–Trinajstić information content (AvgIpc) is 2.67. The first-order chi connectivity index (χ1) is 13.4. The number of nitrogens with one attached hydrogen (secondary N) is 2. The highest BCUT2D eigenvalue weighted by Gasteiger charge is 2.24. The van der Waals surface area contributed by atoms with Crippen LogP contribution in [-0.2, 0) is 9.53 Å². The van der Waals surface area contributed by atoms with Crippen molar-refractivity contribution in [2.45, 2.75) is 38.6 Å². The maximum atomic E-state index is 12.1. The van der Waals surface area contributed by atoms with Crippen LogP contribution in [0.5, 0.6) is 0 Å². The third-order valence-electron chi connectivity index (χ3n) is 4.88. The van der Waals surface area contributed by atoms with E-state index < -0.39 is 30.1 Å². The molecule has 1 aromatic carbocycles. The van der Waals surface area contributed by atoms with Gasteiger partial charge >= 0.3 is 17.6 Å². The van der Waals surface area contributed by atoms with Crippen molar-refractivity contribution >= 4 is 28.9 Å². The highest BCUT2D eigenvalue weighted by atomic mass is 16.5. The van der Waals surface area contributed by atoms with E-state index in [1.54, 1.807) is 24.3 Å². The molecule has 1 saturated carbocycles. The van der Waals surface area contributed by atoms with Gasteiger partial charge in [0.1, 0.15) is 11.1 Å². The second kappa shape index (κ2) is 8.69. The number of fused-ring (bicyclic) bond motifs is 1. The molecule has 1 aromatic heterocycles. The second-order valence-electron chi connectivity index (χ2n) is 6.95. The fourth-order valence-corrected chi connectivity index (χ4v) is 3.31. The Hall–Kier alpha value is -3.16. The van der Waals surface area contributed by atoms with Gasteiger partial charge in [0.05, 0.1) is 0 Å². The van der Waals surface area contributed by atoms with Crippen molar-refractivity contribution in [3.63, 3.8) is 0 Å². The van der Waals surface area contributed by atoms with Crippen LogP contribution >= 0.6 is 0 Å². The molecular weight excluding hydrogens is 364 g/mol. The van der Waals surface area contributed by atoms with Crippen molar-refractivity contribution in [1.82, 2.24) is 10.6 Å². The lowest BCUT2D eigenvalue weighted by molar-refractivity contribution is -0.123. The van der Waals surface area contributed by atoms with E-state index in [1.165, 1.54) is 6.07 Å². The van der Waals surface area contributed by atoms with E-state index in [4.69, 9.17) is 9.15 Å². The zero-order valence-electron chi connectivity index (χ0n) is 15.5. The first-order valence-corrected chi connectivity index (χ1v) is 9.24. The summed E-state index contributed by atoms with van der Waals surface area (Å²) < 4.78 is 9.90. The summed E-state index contributed by atoms with van der Waals surface area (Å²) >= 11 is 0. The van der Waals surface area contributed by atoms with Gasteiger partial charge in [-0.15, -0.1) is 0 Å². The summed E-state index contributed by atoms with van der Waals surface area (Å²) in [6.45, 7) is 1.38. The van der Waals surface area contributed by atoms with Gasteiger partial charge in [-0.25, -0.2) is 14.4 Å². The van der Waals surface area contributed by atoms with Crippen LogP contribution in [0.25, 0.3) is 11.0 Å². The molecule has 28 heavy (non-hydrogen) atoms. The maximum absolute atomic E-state index is 12.1. The minimum Gasteiger partial charge on any atom is -0.452 e. The standard InChI is InChI=1S/C20H22N2O6/c1-12-6-2-4-8-15(12)21-20(26)22-17(23)11-27-18(24)14-10-13-7-3-5-9-16(13)28-19(14)25/h3,5,7,9-10,12,15H,2,4,6,8,11H2,1H3,(H2,21,22,23,26)/t12-,15-/m1/s1. The molecule has 8 heteroatoms. The van der Waals surface area contributed by atoms with Crippen LogP contribution in [-0.4, -0.2) is 30.6 Å². The van der Waals surface area contributed by atoms with Crippen LogP contribution < -0.4 is 16.3 Å². The number of carbonyl (C=O) groups excluding carboxylic acids is 3. The summed E-state index contributed by atoms with van der Waals surface area (Å²) in [7, 11) is 0. The van der Waals surface area contributed by atoms with Crippen LogP contribution in [0.2, 0.25) is 0 Å². The zero-order valence-corrected chi connectivity index (χ0v) is 15.5. The van der Waals surface area contributed by atoms with Gasteiger partial charge in [-0.05, 0) is 30.9 Å². The molecule has 1 heterocycles. The largest absolute Gasteiger partial charge is 0.452 e. The Morgan fingerprint density at radius 1 is 1.18 bits per heavy atom. The number of hydrogen-bond acceptors (Lipinski definition) is 6. The number of ether oxygens (including phenoxy) is 1. The number of urea groups is 1. The Labute approximate surface area is 161 Å². The molecule has 1 aliphatic carbocycles. The summed E-state index contributed by atoms with van der Waals surface area (Å²) in [5.74, 6) is -1.42. The van der Waals surface area contributed by atoms with Gasteiger partial charge in [0, 0.05) is 11.4 Å². The monoisotopic (exact) mass is 386 g/mol. The van der Waals surface area contributed by atoms with E-state index in [2.05, 4.69) is 17.6 Å². The zero-order chi connectivity index (χ0) is 20.1. The first kappa shape index (κ1) is 19.6. The highest BCUT2D eigenvalue weighted by Crippen LogP contribution is 2.23. The molecule has 2 aromatic rings. The highest BCUT2D eigenvalue weighted by molar-refractivity contribution is 5.97. The number of benzene rings is 1. The minimum absolute atomic E-state index is 0.0198. The molecule has 148 valence electrons. The van der Waals surface area contributed by atoms with Crippen molar-refractivity contribution in [3.8, 4) is 0 Å². The van der Waals surface area contributed by atoms with E-state index in [1.807, 2.05) is 0 Å². The van der Waals surface area contributed by atoms with E-state index >= 15 is 0 Å². The first-order valence-electron chi connectivity index (χ1n) is 9.24. The molecule has 2 N–H and O–H groups in total. The van der Waals surface area contributed by atoms with Gasteiger partial charge in [0.15, 0.2) is 6.61 Å². The Morgan fingerprint density at radius 2 is 1.93 bits per heavy atom. The number of imide groups is 1. The van der Waals surface area contributed by atoms with E-state index in [-0.39, 0.29) is 11.6 Å². The lowest BCUT2D eigenvalue weighted by Gasteiger charge is -2.29. The molecule has 0 radical (unpaired) electrons. The molecule has 3 amide bonds. The summed E-state index contributed by atoms with van der Waals surface area (Å²) in [6, 6.07) is 7.46. The number of hydrogen-bond donors (Lipinski definition) is 2. The van der Waals surface area contributed by atoms with Gasteiger partial charge < -0.3 is 14.5 Å². The molecule has 1 fully saturated rings. The van der Waals surface area contributed by atoms with Crippen LogP contribution in [0.3, 0.4) is 0 Å². The topological polar surface area (TPSA) is 115 Å². The van der Waals surface area contributed by atoms with Gasteiger partial charge in [-0.3, -0.25) is 10.1 Å². The number of rotatable bonds is 4. The fraction of sp³-hybridized carbons (Fsp3) is 0.400. The predicted molar refractivity (Wildman–Crippen MR) is 101 cm³/mol. The summed E-state index contributed by atoms with van der Waals surface area (Å²) in [6.07, 6.45) is 4.08. The van der Waals surface area contributed by atoms with Crippen LogP contribution in [0.1, 0.15) is 43.0 Å². The molecule has 0 unspecified atom stereocenters. The van der Waals surface area contributed by atoms with Crippen molar-refractivity contribution in [2.75, 3.05) is 6.61 Å². The molecule has 0 bridgehead atoms. The predicted octanol–water partition coefficient (Wildman–Crippen LogP) is 2.35. The fourth-order valence-electron chi connectivity index (χ4n) is 3.31. The molecular formula is C20H22N2O6. The Bertz CT molecular complexity index is 951. The molecule has 3 rings (SSSR count). The molecule has 0 aliphatic heterocycles. The third-order valence-corrected chi connectivity index (χ3v) is 4.88. The van der Waals surface area contributed by atoms with Gasteiger partial charge in [0.25, 0.3) is 5.91 Å². The second-order valence-corrected chi connectivity index (χ2v) is 6.95. The van der Waals surface area contributed by atoms with Crippen LogP contribution in [0.4, 0.5) is 4.79 Å². The Balaban J connectivity index is 1.53. The van der Waals surface area contributed by atoms with E-state index in [0.717, 1.165) is 25.7 Å². The summed E-state index contributed by atoms with van der Waals surface area (Å²) in [5.41, 5.74) is -0.824. The smallest absolute Gasteiger partial charge is 0.351 e. The number of amides is 3. The number of para-hydroxylation sites is 1. The summed E-state index contributed by atoms with van der Waals surface area (Å²) in [5, 5.41) is 5.46. The molecule has 2 atom stereocenters. The van der Waals surface area contributed by atoms with Crippen LogP contribution in [0, 0.1) is 5.92 Å². The van der Waals surface area contributed by atoms with E-state index in [0.29, 0.717) is 16.9 Å². The van der Waals surface area contributed by atoms with Crippen molar-refractivity contribution in [1.29, 1.82) is 0 Å². The Kier molecular flexibility index (Phi) is 6.08. The maximum Gasteiger partial charge on any atom is 0.351 e. The van der Waals surface area contributed by atoms with Gasteiger partial charge in [0.2, 0.25) is 0 Å². The van der Waals surface area contributed by atoms with Crippen molar-refractivity contribution in [2.24, 2.45) is 5.92 Å². The lowest BCUT2D eigenvalue weighted by Crippen LogP contribution is -2.48. The van der Waals surface area contributed by atoms with Gasteiger partial charge in [-0.2, -0.15) is 0 Å². The van der Waals surface area contributed by atoms with Crippen molar-refractivity contribution in [3.05, 3.63) is 46.3 Å². The molecule has 8 nitrogen and oxygen atoms in total. The molecule has 0 saturated heterocycles. The number of esters is 1. The third kappa shape index (κ3) is 4.76. The normalized spacial score (nSPS) is 19.0. The van der Waals surface area contributed by atoms with E-state index in [9.17, 15) is 19.2 Å². The number of carbonyl (C=O) groups is 3. The summed E-state index contributed by atoms with van der Waals surface area (Å²) in [4.78, 5) is 47.8. The molecule has 0 spiro atoms. The van der Waals surface area contributed by atoms with Crippen LogP contribution in [0.15, 0.2) is 39.5 Å². The van der Waals surface area contributed by atoms with Crippen molar-refractivity contribution < 1.29 is 23.5 Å². The Morgan fingerprint density at radius 3 is 2.71 bits per heavy atom. The van der Waals surface area contributed by atoms with Gasteiger partial charge in [-0.1, -0.05) is 38.0 Å². The lowest BCUT2D eigenvalue weighted by atomic mass is 9.86. The quantitative estimate of drug-likeness (QED) is 0.616.